The zero-order valence-electron chi connectivity index (χ0n) is 10.8. The van der Waals surface area contributed by atoms with Crippen molar-refractivity contribution >= 4 is 16.6 Å². The summed E-state index contributed by atoms with van der Waals surface area (Å²) in [5.74, 6) is 1.59. The van der Waals surface area contributed by atoms with Crippen LogP contribution in [0.5, 0.6) is 11.5 Å². The first kappa shape index (κ1) is 11.1. The summed E-state index contributed by atoms with van der Waals surface area (Å²) in [7, 11) is 1.93. The van der Waals surface area contributed by atoms with E-state index in [2.05, 4.69) is 17.2 Å². The average molecular weight is 244 g/mol. The van der Waals surface area contributed by atoms with Gasteiger partial charge in [-0.25, -0.2) is 0 Å². The molecular formula is C14H16N2O2. The first-order chi connectivity index (χ1) is 8.70. The predicted octanol–water partition coefficient (Wildman–Crippen LogP) is 2.66. The molecule has 18 heavy (non-hydrogen) atoms. The highest BCUT2D eigenvalue weighted by molar-refractivity contribution is 5.95. The molecule has 2 heterocycles. The van der Waals surface area contributed by atoms with Crippen molar-refractivity contribution in [1.29, 1.82) is 0 Å². The van der Waals surface area contributed by atoms with Crippen LogP contribution in [0.2, 0.25) is 0 Å². The third kappa shape index (κ3) is 1.56. The summed E-state index contributed by atoms with van der Waals surface area (Å²) in [6, 6.07) is 3.96. The Kier molecular flexibility index (Phi) is 2.51. The standard InChI is InChI=1S/C14H16N2O2/c1-8-9(2)16-11-7-13-12(17-4-5-18-13)6-10(11)14(8)15-3/h6-7H,4-5H2,1-3H3,(H,15,16). The number of hydrogen-bond acceptors (Lipinski definition) is 4. The van der Waals surface area contributed by atoms with Crippen molar-refractivity contribution in [2.24, 2.45) is 0 Å². The number of anilines is 1. The largest absolute Gasteiger partial charge is 0.486 e. The molecular weight excluding hydrogens is 228 g/mol. The number of fused-ring (bicyclic) bond motifs is 2. The molecule has 0 radical (unpaired) electrons. The van der Waals surface area contributed by atoms with Crippen molar-refractivity contribution in [2.45, 2.75) is 13.8 Å². The maximum Gasteiger partial charge on any atom is 0.163 e. The van der Waals surface area contributed by atoms with Crippen LogP contribution in [0.15, 0.2) is 12.1 Å². The molecule has 0 saturated heterocycles. The molecule has 4 heteroatoms. The van der Waals surface area contributed by atoms with Gasteiger partial charge in [-0.3, -0.25) is 4.98 Å². The van der Waals surface area contributed by atoms with E-state index >= 15 is 0 Å². The molecule has 0 unspecified atom stereocenters. The van der Waals surface area contributed by atoms with Gasteiger partial charge in [0.15, 0.2) is 11.5 Å². The van der Waals surface area contributed by atoms with Crippen LogP contribution in [0.25, 0.3) is 10.9 Å². The van der Waals surface area contributed by atoms with Crippen molar-refractivity contribution in [3.63, 3.8) is 0 Å². The zero-order valence-corrected chi connectivity index (χ0v) is 10.8. The highest BCUT2D eigenvalue weighted by atomic mass is 16.6. The first-order valence-electron chi connectivity index (χ1n) is 6.09. The second-order valence-electron chi connectivity index (χ2n) is 4.46. The van der Waals surface area contributed by atoms with E-state index in [0.29, 0.717) is 13.2 Å². The van der Waals surface area contributed by atoms with Crippen LogP contribution in [0.3, 0.4) is 0 Å². The Morgan fingerprint density at radius 1 is 1.11 bits per heavy atom. The van der Waals surface area contributed by atoms with Gasteiger partial charge in [-0.15, -0.1) is 0 Å². The lowest BCUT2D eigenvalue weighted by Gasteiger charge is -2.20. The van der Waals surface area contributed by atoms with Gasteiger partial charge < -0.3 is 14.8 Å². The topological polar surface area (TPSA) is 43.4 Å². The third-order valence-electron chi connectivity index (χ3n) is 3.39. The molecule has 4 nitrogen and oxygen atoms in total. The summed E-state index contributed by atoms with van der Waals surface area (Å²) in [5.41, 5.74) is 4.24. The lowest BCUT2D eigenvalue weighted by molar-refractivity contribution is 0.172. The number of aromatic nitrogens is 1. The number of rotatable bonds is 1. The second kappa shape index (κ2) is 4.05. The summed E-state index contributed by atoms with van der Waals surface area (Å²) < 4.78 is 11.2. The molecule has 0 bridgehead atoms. The maximum atomic E-state index is 5.62. The fourth-order valence-electron chi connectivity index (χ4n) is 2.34. The van der Waals surface area contributed by atoms with E-state index in [-0.39, 0.29) is 0 Å². The van der Waals surface area contributed by atoms with Gasteiger partial charge in [-0.1, -0.05) is 0 Å². The van der Waals surface area contributed by atoms with Gasteiger partial charge in [0.25, 0.3) is 0 Å². The van der Waals surface area contributed by atoms with Gasteiger partial charge in [0.1, 0.15) is 13.2 Å². The Labute approximate surface area is 106 Å². The monoisotopic (exact) mass is 244 g/mol. The predicted molar refractivity (Wildman–Crippen MR) is 71.8 cm³/mol. The molecule has 1 N–H and O–H groups in total. The lowest BCUT2D eigenvalue weighted by Crippen LogP contribution is -2.15. The van der Waals surface area contributed by atoms with Crippen LogP contribution in [0.4, 0.5) is 5.69 Å². The number of ether oxygens (including phenoxy) is 2. The van der Waals surface area contributed by atoms with E-state index in [4.69, 9.17) is 9.47 Å². The summed E-state index contributed by atoms with van der Waals surface area (Å²) in [6.07, 6.45) is 0. The Morgan fingerprint density at radius 3 is 2.44 bits per heavy atom. The van der Waals surface area contributed by atoms with Crippen LogP contribution in [-0.4, -0.2) is 25.2 Å². The average Bonchev–Trinajstić information content (AvgIpc) is 2.38. The minimum absolute atomic E-state index is 0.599. The molecule has 1 aliphatic heterocycles. The lowest BCUT2D eigenvalue weighted by atomic mass is 10.1. The number of benzene rings is 1. The molecule has 3 rings (SSSR count). The Bertz CT molecular complexity index is 623. The summed E-state index contributed by atoms with van der Waals surface area (Å²) in [4.78, 5) is 4.62. The Hall–Kier alpha value is -1.97. The van der Waals surface area contributed by atoms with Crippen molar-refractivity contribution in [3.05, 3.63) is 23.4 Å². The third-order valence-corrected chi connectivity index (χ3v) is 3.39. The molecule has 0 atom stereocenters. The zero-order chi connectivity index (χ0) is 12.7. The number of hydrogen-bond donors (Lipinski definition) is 1. The van der Waals surface area contributed by atoms with E-state index in [0.717, 1.165) is 33.8 Å². The molecule has 1 aromatic heterocycles. The number of nitrogens with zero attached hydrogens (tertiary/aromatic N) is 1. The molecule has 0 amide bonds. The number of pyridine rings is 1. The minimum atomic E-state index is 0.599. The quantitative estimate of drug-likeness (QED) is 0.837. The molecule has 2 aromatic rings. The fourth-order valence-corrected chi connectivity index (χ4v) is 2.34. The molecule has 94 valence electrons. The number of nitrogens with one attached hydrogen (secondary N) is 1. The molecule has 0 saturated carbocycles. The highest BCUT2D eigenvalue weighted by Crippen LogP contribution is 2.37. The van der Waals surface area contributed by atoms with Crippen LogP contribution in [0, 0.1) is 13.8 Å². The van der Waals surface area contributed by atoms with E-state index in [1.54, 1.807) is 0 Å². The molecule has 1 aromatic carbocycles. The second-order valence-corrected chi connectivity index (χ2v) is 4.46. The van der Waals surface area contributed by atoms with Gasteiger partial charge in [-0.2, -0.15) is 0 Å². The first-order valence-corrected chi connectivity index (χ1v) is 6.09. The van der Waals surface area contributed by atoms with Crippen LogP contribution in [-0.2, 0) is 0 Å². The summed E-state index contributed by atoms with van der Waals surface area (Å²) >= 11 is 0. The maximum absolute atomic E-state index is 5.62. The molecule has 1 aliphatic rings. The van der Waals surface area contributed by atoms with Crippen molar-refractivity contribution in [2.75, 3.05) is 25.6 Å². The fraction of sp³-hybridized carbons (Fsp3) is 0.357. The molecule has 0 fully saturated rings. The summed E-state index contributed by atoms with van der Waals surface area (Å²) in [5, 5.41) is 4.32. The Balaban J connectivity index is 2.33. The van der Waals surface area contributed by atoms with Crippen LogP contribution >= 0.6 is 0 Å². The normalized spacial score (nSPS) is 13.7. The van der Waals surface area contributed by atoms with Crippen molar-refractivity contribution < 1.29 is 9.47 Å². The molecule has 0 aliphatic carbocycles. The van der Waals surface area contributed by atoms with E-state index in [1.807, 2.05) is 26.1 Å². The van der Waals surface area contributed by atoms with E-state index in [1.165, 1.54) is 5.56 Å². The van der Waals surface area contributed by atoms with Crippen molar-refractivity contribution in [1.82, 2.24) is 4.98 Å². The van der Waals surface area contributed by atoms with Crippen LogP contribution in [0.1, 0.15) is 11.3 Å². The van der Waals surface area contributed by atoms with Gasteiger partial charge >= 0.3 is 0 Å². The van der Waals surface area contributed by atoms with E-state index < -0.39 is 0 Å². The number of aryl methyl sites for hydroxylation is 1. The summed E-state index contributed by atoms with van der Waals surface area (Å²) in [6.45, 7) is 5.30. The Morgan fingerprint density at radius 2 is 1.78 bits per heavy atom. The van der Waals surface area contributed by atoms with Gasteiger partial charge in [0.2, 0.25) is 0 Å². The van der Waals surface area contributed by atoms with Gasteiger partial charge in [-0.05, 0) is 25.5 Å². The SMILES string of the molecule is CNc1c(C)c(C)nc2cc3c(cc12)OCCO3. The smallest absolute Gasteiger partial charge is 0.163 e. The minimum Gasteiger partial charge on any atom is -0.486 e. The molecule has 0 spiro atoms. The van der Waals surface area contributed by atoms with Crippen LogP contribution < -0.4 is 14.8 Å². The van der Waals surface area contributed by atoms with Gasteiger partial charge in [0.05, 0.1) is 5.52 Å². The van der Waals surface area contributed by atoms with Crippen molar-refractivity contribution in [3.8, 4) is 11.5 Å². The van der Waals surface area contributed by atoms with E-state index in [9.17, 15) is 0 Å². The highest BCUT2D eigenvalue weighted by Gasteiger charge is 2.16. The van der Waals surface area contributed by atoms with Gasteiger partial charge in [0, 0.05) is 29.9 Å².